The smallest absolute Gasteiger partial charge is 0.255 e. The normalized spacial score (nSPS) is 21.1. The molecule has 1 fully saturated rings. The maximum atomic E-state index is 13.4. The molecule has 11 heteroatoms. The third-order valence-corrected chi connectivity index (χ3v) is 7.56. The number of rotatable bonds is 6. The van der Waals surface area contributed by atoms with Crippen LogP contribution in [0, 0.1) is 5.92 Å². The molecule has 4 N–H and O–H groups in total. The molecule has 4 rings (SSSR count). The van der Waals surface area contributed by atoms with Crippen LogP contribution >= 0.6 is 0 Å². The lowest BCUT2D eigenvalue weighted by atomic mass is 10.0. The van der Waals surface area contributed by atoms with Gasteiger partial charge in [0.05, 0.1) is 25.4 Å². The van der Waals surface area contributed by atoms with E-state index in [2.05, 4.69) is 26.2 Å². The van der Waals surface area contributed by atoms with Crippen LogP contribution in [0.2, 0.25) is 0 Å². The number of fused-ring (bicyclic) bond motifs is 1. The molecule has 1 saturated heterocycles. The van der Waals surface area contributed by atoms with Crippen molar-refractivity contribution in [3.8, 4) is 5.75 Å². The summed E-state index contributed by atoms with van der Waals surface area (Å²) in [5, 5.41) is 11.3. The number of amides is 4. The Morgan fingerprint density at radius 1 is 0.977 bits per heavy atom. The van der Waals surface area contributed by atoms with Crippen LogP contribution in [0.3, 0.4) is 0 Å². The van der Waals surface area contributed by atoms with Crippen molar-refractivity contribution in [3.63, 3.8) is 0 Å². The number of carbonyl (C=O) groups excluding carboxylic acids is 4. The van der Waals surface area contributed by atoms with Gasteiger partial charge in [0.15, 0.2) is 0 Å². The maximum Gasteiger partial charge on any atom is 0.255 e. The van der Waals surface area contributed by atoms with Crippen LogP contribution in [0.5, 0.6) is 5.75 Å². The Balaban J connectivity index is 1.44. The summed E-state index contributed by atoms with van der Waals surface area (Å²) < 4.78 is 11.3. The van der Waals surface area contributed by atoms with Gasteiger partial charge in [-0.25, -0.2) is 0 Å². The second-order valence-electron chi connectivity index (χ2n) is 11.3. The lowest BCUT2D eigenvalue weighted by Crippen LogP contribution is -2.51. The number of nitrogens with one attached hydrogen (secondary N) is 4. The van der Waals surface area contributed by atoms with Crippen LogP contribution in [-0.4, -0.2) is 80.1 Å². The van der Waals surface area contributed by atoms with Crippen molar-refractivity contribution in [3.05, 3.63) is 65.2 Å². The van der Waals surface area contributed by atoms with Gasteiger partial charge in [0.25, 0.3) is 5.91 Å². The molecular weight excluding hydrogens is 550 g/mol. The summed E-state index contributed by atoms with van der Waals surface area (Å²) in [6.45, 7) is 8.77. The van der Waals surface area contributed by atoms with Gasteiger partial charge in [-0.3, -0.25) is 24.1 Å². The molecule has 0 saturated carbocycles. The van der Waals surface area contributed by atoms with Crippen molar-refractivity contribution >= 4 is 23.6 Å². The molecule has 43 heavy (non-hydrogen) atoms. The first-order chi connectivity index (χ1) is 20.8. The Morgan fingerprint density at radius 3 is 2.44 bits per heavy atom. The van der Waals surface area contributed by atoms with E-state index in [1.807, 2.05) is 38.1 Å². The van der Waals surface area contributed by atoms with E-state index in [0.29, 0.717) is 18.7 Å². The van der Waals surface area contributed by atoms with E-state index < -0.39 is 23.9 Å². The zero-order valence-electron chi connectivity index (χ0n) is 25.0. The fourth-order valence-corrected chi connectivity index (χ4v) is 5.01. The predicted molar refractivity (Wildman–Crippen MR) is 161 cm³/mol. The van der Waals surface area contributed by atoms with Crippen molar-refractivity contribution < 1.29 is 28.7 Å². The number of nitrogens with zero attached hydrogens (tertiary/aromatic N) is 1. The lowest BCUT2D eigenvalue weighted by molar-refractivity contribution is -0.130. The van der Waals surface area contributed by atoms with Gasteiger partial charge in [-0.05, 0) is 42.0 Å². The maximum absolute atomic E-state index is 13.4. The zero-order chi connectivity index (χ0) is 30.6. The number of hydrogen-bond donors (Lipinski definition) is 4. The number of para-hydroxylation sites is 1. The van der Waals surface area contributed by atoms with Crippen LogP contribution in [0.15, 0.2) is 48.5 Å². The molecule has 2 heterocycles. The zero-order valence-corrected chi connectivity index (χ0v) is 25.0. The minimum atomic E-state index is -0.980. The van der Waals surface area contributed by atoms with Crippen molar-refractivity contribution in [1.82, 2.24) is 26.2 Å². The monoisotopic (exact) mass is 593 g/mol. The van der Waals surface area contributed by atoms with Gasteiger partial charge < -0.3 is 30.7 Å². The van der Waals surface area contributed by atoms with Crippen LogP contribution < -0.4 is 26.0 Å². The average molecular weight is 594 g/mol. The van der Waals surface area contributed by atoms with Crippen molar-refractivity contribution in [2.75, 3.05) is 39.5 Å². The number of ether oxygens (including phenoxy) is 2. The van der Waals surface area contributed by atoms with E-state index in [4.69, 9.17) is 9.47 Å². The summed E-state index contributed by atoms with van der Waals surface area (Å²) >= 11 is 0. The average Bonchev–Trinajstić information content (AvgIpc) is 3.01. The van der Waals surface area contributed by atoms with Crippen LogP contribution in [0.4, 0.5) is 0 Å². The van der Waals surface area contributed by atoms with Crippen molar-refractivity contribution in [1.29, 1.82) is 0 Å². The SMILES string of the molecule is CC(C)C1NC(=O)CC[C@@H](C(=O)NCc2ccc(CN3CCOCC3)cc2)NC(=O)c2ccccc2OCCCNC1=O. The molecule has 11 nitrogen and oxygen atoms in total. The van der Waals surface area contributed by atoms with E-state index in [-0.39, 0.29) is 49.3 Å². The third kappa shape index (κ3) is 9.79. The van der Waals surface area contributed by atoms with E-state index in [1.165, 1.54) is 5.56 Å². The highest BCUT2D eigenvalue weighted by Gasteiger charge is 2.27. The Labute approximate surface area is 253 Å². The Bertz CT molecular complexity index is 1250. The van der Waals surface area contributed by atoms with Crippen molar-refractivity contribution in [2.45, 2.75) is 58.3 Å². The largest absolute Gasteiger partial charge is 0.493 e. The number of benzene rings is 2. The summed E-state index contributed by atoms with van der Waals surface area (Å²) in [6, 6.07) is 13.2. The molecule has 2 aromatic carbocycles. The van der Waals surface area contributed by atoms with Crippen LogP contribution in [-0.2, 0) is 32.2 Å². The first-order valence-electron chi connectivity index (χ1n) is 15.1. The summed E-state index contributed by atoms with van der Waals surface area (Å²) in [5.41, 5.74) is 2.39. The highest BCUT2D eigenvalue weighted by molar-refractivity contribution is 5.99. The summed E-state index contributed by atoms with van der Waals surface area (Å²) in [6.07, 6.45) is 0.514. The quantitative estimate of drug-likeness (QED) is 0.401. The number of carbonyl (C=O) groups is 4. The highest BCUT2D eigenvalue weighted by atomic mass is 16.5. The van der Waals surface area contributed by atoms with Crippen LogP contribution in [0.25, 0.3) is 0 Å². The molecule has 4 amide bonds. The highest BCUT2D eigenvalue weighted by Crippen LogP contribution is 2.19. The molecule has 1 unspecified atom stereocenters. The van der Waals surface area contributed by atoms with Gasteiger partial charge in [-0.15, -0.1) is 0 Å². The molecular formula is C32H43N5O6. The topological polar surface area (TPSA) is 138 Å². The molecule has 2 aliphatic heterocycles. The molecule has 0 spiro atoms. The fourth-order valence-electron chi connectivity index (χ4n) is 5.01. The molecule has 2 aliphatic rings. The Hall–Kier alpha value is -3.96. The summed E-state index contributed by atoms with van der Waals surface area (Å²) in [7, 11) is 0. The van der Waals surface area contributed by atoms with E-state index >= 15 is 0 Å². The van der Waals surface area contributed by atoms with E-state index in [9.17, 15) is 19.2 Å². The van der Waals surface area contributed by atoms with Crippen LogP contribution in [0.1, 0.15) is 54.6 Å². The Kier molecular flexibility index (Phi) is 11.9. The number of hydrogen-bond acceptors (Lipinski definition) is 7. The van der Waals surface area contributed by atoms with Gasteiger partial charge in [0, 0.05) is 39.1 Å². The first kappa shape index (κ1) is 32.0. The summed E-state index contributed by atoms with van der Waals surface area (Å²) in [4.78, 5) is 54.6. The standard InChI is InChI=1S/C32H43N5O6/c1-22(2)29-32(41)33-14-5-17-43-27-7-4-3-6-25(27)30(39)35-26(12-13-28(38)36-29)31(40)34-20-23-8-10-24(11-9-23)21-37-15-18-42-19-16-37/h3-4,6-11,22,26,29H,5,12-21H2,1-2H3,(H,33,41)(H,34,40)(H,35,39)(H,36,38)/t26-,29?/m0/s1. The third-order valence-electron chi connectivity index (χ3n) is 7.56. The molecule has 232 valence electrons. The molecule has 2 atom stereocenters. The molecule has 0 aromatic heterocycles. The molecule has 0 aliphatic carbocycles. The second kappa shape index (κ2) is 16.0. The lowest BCUT2D eigenvalue weighted by Gasteiger charge is -2.26. The van der Waals surface area contributed by atoms with E-state index in [0.717, 1.165) is 38.4 Å². The van der Waals surface area contributed by atoms with Gasteiger partial charge in [0.1, 0.15) is 17.8 Å². The fraction of sp³-hybridized carbons (Fsp3) is 0.500. The van der Waals surface area contributed by atoms with Gasteiger partial charge in [0.2, 0.25) is 17.7 Å². The molecule has 0 bridgehead atoms. The van der Waals surface area contributed by atoms with Crippen molar-refractivity contribution in [2.24, 2.45) is 5.92 Å². The minimum Gasteiger partial charge on any atom is -0.493 e. The molecule has 2 aromatic rings. The molecule has 0 radical (unpaired) electrons. The second-order valence-corrected chi connectivity index (χ2v) is 11.3. The van der Waals surface area contributed by atoms with Gasteiger partial charge >= 0.3 is 0 Å². The first-order valence-corrected chi connectivity index (χ1v) is 15.1. The number of morpholine rings is 1. The van der Waals surface area contributed by atoms with E-state index in [1.54, 1.807) is 24.3 Å². The Morgan fingerprint density at radius 2 is 1.70 bits per heavy atom. The van der Waals surface area contributed by atoms with Gasteiger partial charge in [-0.2, -0.15) is 0 Å². The minimum absolute atomic E-state index is 0.0523. The summed E-state index contributed by atoms with van der Waals surface area (Å²) in [5.74, 6) is -1.26. The predicted octanol–water partition coefficient (Wildman–Crippen LogP) is 1.75. The van der Waals surface area contributed by atoms with Gasteiger partial charge in [-0.1, -0.05) is 50.2 Å².